The molecule has 32 heteroatoms. The number of para-hydroxylation sites is 1. The van der Waals surface area contributed by atoms with Crippen LogP contribution in [-0.2, 0) is 82.2 Å². The van der Waals surface area contributed by atoms with Gasteiger partial charge in [0.2, 0.25) is 65.0 Å². The fourth-order valence-corrected chi connectivity index (χ4v) is 14.8. The smallest absolute Gasteiger partial charge is 0.304 e. The first-order valence-electron chi connectivity index (χ1n) is 36.0. The molecule has 0 radical (unpaired) electrons. The molecule has 0 bridgehead atoms. The minimum atomic E-state index is -2.22. The number of aliphatic hydroxyl groups is 2. The average molecular weight is 1480 g/mol. The van der Waals surface area contributed by atoms with Gasteiger partial charge < -0.3 is 79.3 Å². The van der Waals surface area contributed by atoms with Gasteiger partial charge in [-0.15, -0.1) is 0 Å². The maximum absolute atomic E-state index is 15.5. The first-order valence-corrected chi connectivity index (χ1v) is 36.0. The van der Waals surface area contributed by atoms with E-state index in [1.807, 2.05) is 0 Å². The first kappa shape index (κ1) is 88.9. The van der Waals surface area contributed by atoms with Gasteiger partial charge in [-0.05, 0) is 62.3 Å². The zero-order valence-corrected chi connectivity index (χ0v) is 66.6. The highest BCUT2D eigenvalue weighted by Gasteiger charge is 2.64. The van der Waals surface area contributed by atoms with Crippen molar-refractivity contribution in [2.75, 3.05) is 81.6 Å². The van der Waals surface area contributed by atoms with E-state index >= 15 is 43.2 Å². The number of ether oxygens (including phenoxy) is 2. The lowest BCUT2D eigenvalue weighted by Gasteiger charge is -2.43. The van der Waals surface area contributed by atoms with Crippen molar-refractivity contribution in [1.29, 1.82) is 0 Å². The number of nitrogens with one attached hydrogen (secondary N) is 2. The van der Waals surface area contributed by atoms with Crippen LogP contribution < -0.4 is 15.7 Å². The summed E-state index contributed by atoms with van der Waals surface area (Å²) in [6, 6.07) is -7.40. The third-order valence-electron chi connectivity index (χ3n) is 21.1. The van der Waals surface area contributed by atoms with Crippen LogP contribution in [0.3, 0.4) is 0 Å². The summed E-state index contributed by atoms with van der Waals surface area (Å²) in [5.41, 5.74) is -4.01. The Labute approximate surface area is 618 Å². The number of carbonyl (C=O) groups excluding carboxylic acids is 14. The minimum Gasteiger partial charge on any atom is -0.462 e. The predicted molar refractivity (Wildman–Crippen MR) is 385 cm³/mol. The summed E-state index contributed by atoms with van der Waals surface area (Å²) in [6.07, 6.45) is -5.04. The van der Waals surface area contributed by atoms with Gasteiger partial charge in [-0.1, -0.05) is 121 Å². The number of hydroxylamine groups is 1. The summed E-state index contributed by atoms with van der Waals surface area (Å²) >= 11 is 0. The normalized spacial score (nSPS) is 28.1. The van der Waals surface area contributed by atoms with E-state index in [1.54, 1.807) is 95.2 Å². The highest BCUT2D eigenvalue weighted by molar-refractivity contribution is 6.00. The van der Waals surface area contributed by atoms with Gasteiger partial charge in [0.1, 0.15) is 66.1 Å². The van der Waals surface area contributed by atoms with Crippen LogP contribution in [0.5, 0.6) is 0 Å². The monoisotopic (exact) mass is 1480 g/mol. The number of amides is 12. The maximum Gasteiger partial charge on any atom is 0.304 e. The Balaban J connectivity index is 2.04. The van der Waals surface area contributed by atoms with E-state index in [0.29, 0.717) is 16.4 Å². The molecular formula is C73H119N13O19. The summed E-state index contributed by atoms with van der Waals surface area (Å²) in [4.78, 5) is 217. The van der Waals surface area contributed by atoms with Crippen LogP contribution in [0.1, 0.15) is 149 Å². The van der Waals surface area contributed by atoms with Crippen LogP contribution >= 0.6 is 0 Å². The molecule has 32 nitrogen and oxygen atoms in total. The van der Waals surface area contributed by atoms with Crippen LogP contribution in [0.2, 0.25) is 0 Å². The third kappa shape index (κ3) is 19.0. The topological polar surface area (TPSA) is 378 Å². The Bertz CT molecular complexity index is 3400. The molecule has 16 atom stereocenters. The number of hydrogen-bond donors (Lipinski definition) is 5. The number of esters is 2. The minimum absolute atomic E-state index is 0.110. The maximum atomic E-state index is 15.5. The number of hydrogen-bond acceptors (Lipinski definition) is 20. The molecule has 3 heterocycles. The SMILES string of the molecule is CCC(C)[C@@H]1NC(=O)[C@H](C(C)C)N(C)C(=O)[C@@H]2C[C@@]3(O)c4ccccc4N(O)[C@H]3N2C(=O)CN(C)C(=O)[C@H]([C@@H](C)CC)N(C)C(=O)[C@H](C(C)C)NC(=O)C(OC(C)=O)N(C)C(=O)[C@H]([C@@H](C)C(C)OC(C)=O)N(C)C(=O)[C@H](C(C)(C)O)N(C)C(=O)CN(C)C(=O)[C@H](C(C)C)N(C)C(=O)[C@H](C(C)C)N(C)C1=O. The lowest BCUT2D eigenvalue weighted by atomic mass is 9.90. The second kappa shape index (κ2) is 35.7. The van der Waals surface area contributed by atoms with Crippen LogP contribution in [0.25, 0.3) is 0 Å². The molecule has 0 aromatic heterocycles. The van der Waals surface area contributed by atoms with Crippen LogP contribution in [0, 0.1) is 41.4 Å². The number of benzene rings is 1. The van der Waals surface area contributed by atoms with Gasteiger partial charge in [-0.3, -0.25) is 72.3 Å². The van der Waals surface area contributed by atoms with Crippen LogP contribution in [0.4, 0.5) is 5.69 Å². The predicted octanol–water partition coefficient (Wildman–Crippen LogP) is 1.29. The molecule has 0 spiro atoms. The molecule has 590 valence electrons. The molecule has 3 aliphatic rings. The highest BCUT2D eigenvalue weighted by Crippen LogP contribution is 2.52. The van der Waals surface area contributed by atoms with Crippen molar-refractivity contribution in [3.05, 3.63) is 29.8 Å². The van der Waals surface area contributed by atoms with Gasteiger partial charge >= 0.3 is 11.9 Å². The fourth-order valence-electron chi connectivity index (χ4n) is 14.8. The van der Waals surface area contributed by atoms with E-state index in [2.05, 4.69) is 10.6 Å². The van der Waals surface area contributed by atoms with Crippen molar-refractivity contribution in [3.8, 4) is 0 Å². The highest BCUT2D eigenvalue weighted by atomic mass is 16.6. The van der Waals surface area contributed by atoms with Crippen molar-refractivity contribution in [2.24, 2.45) is 41.4 Å². The van der Waals surface area contributed by atoms with Crippen LogP contribution in [-0.4, -0.2) is 302 Å². The van der Waals surface area contributed by atoms with Gasteiger partial charge in [0.25, 0.3) is 12.1 Å². The zero-order valence-electron chi connectivity index (χ0n) is 66.6. The Morgan fingerprint density at radius 3 is 1.45 bits per heavy atom. The Morgan fingerprint density at radius 1 is 0.524 bits per heavy atom. The molecule has 12 amide bonds. The molecule has 1 aromatic carbocycles. The Hall–Kier alpha value is -8.52. The lowest BCUT2D eigenvalue weighted by Crippen LogP contribution is -2.65. The first-order chi connectivity index (χ1) is 48.3. The fraction of sp³-hybridized carbons (Fsp3) is 0.726. The third-order valence-corrected chi connectivity index (χ3v) is 21.1. The number of anilines is 1. The molecule has 2 fully saturated rings. The van der Waals surface area contributed by atoms with Gasteiger partial charge in [0.05, 0.1) is 24.4 Å². The summed E-state index contributed by atoms with van der Waals surface area (Å²) in [5.74, 6) is -18.1. The molecular weight excluding hydrogens is 1360 g/mol. The van der Waals surface area contributed by atoms with E-state index in [-0.39, 0.29) is 17.7 Å². The number of rotatable bonds is 13. The van der Waals surface area contributed by atoms with Gasteiger partial charge in [0.15, 0.2) is 6.17 Å². The van der Waals surface area contributed by atoms with E-state index in [0.717, 1.165) is 62.2 Å². The zero-order chi connectivity index (χ0) is 80.8. The quantitative estimate of drug-likeness (QED) is 0.174. The Kier molecular flexibility index (Phi) is 30.2. The Morgan fingerprint density at radius 2 is 0.962 bits per heavy atom. The van der Waals surface area contributed by atoms with Gasteiger partial charge in [0, 0.05) is 95.2 Å². The van der Waals surface area contributed by atoms with Crippen molar-refractivity contribution in [1.82, 2.24) is 59.6 Å². The lowest BCUT2D eigenvalue weighted by molar-refractivity contribution is -0.175. The molecule has 0 aliphatic carbocycles. The van der Waals surface area contributed by atoms with Crippen molar-refractivity contribution in [2.45, 2.75) is 228 Å². The molecule has 5 N–H and O–H groups in total. The van der Waals surface area contributed by atoms with Gasteiger partial charge in [-0.25, -0.2) is 5.06 Å². The largest absolute Gasteiger partial charge is 0.462 e. The summed E-state index contributed by atoms with van der Waals surface area (Å²) < 4.78 is 11.1. The molecule has 3 aliphatic heterocycles. The molecule has 2 saturated heterocycles. The number of fused-ring (bicyclic) bond motifs is 5. The van der Waals surface area contributed by atoms with Crippen molar-refractivity contribution in [3.63, 3.8) is 0 Å². The molecule has 1 aromatic rings. The number of nitrogens with zero attached hydrogens (tertiary/aromatic N) is 11. The number of likely N-dealkylation sites (N-methyl/N-ethyl adjacent to an activating group) is 9. The van der Waals surface area contributed by atoms with Crippen molar-refractivity contribution < 1.29 is 92.0 Å². The second-order valence-corrected chi connectivity index (χ2v) is 30.9. The van der Waals surface area contributed by atoms with E-state index in [1.165, 1.54) is 99.0 Å². The molecule has 105 heavy (non-hydrogen) atoms. The number of carbonyl (C=O) groups is 14. The second-order valence-electron chi connectivity index (χ2n) is 30.9. The molecule has 3 unspecified atom stereocenters. The van der Waals surface area contributed by atoms with E-state index in [4.69, 9.17) is 9.47 Å². The summed E-state index contributed by atoms with van der Waals surface area (Å²) in [7, 11) is 11.3. The standard InChI is InChI=1S/C73H119N13O19/c1-28-41(11)53-64(95)80(23)56(40(9)10)67(98)81(24)55(39(7)8)65(96)76(19)35-50(89)78(21)59(72(17,18)101)69(100)83(26)58(43(13)44(14)104-45(15)87)68(99)84(27)70(105-46(16)88)61(92)74-52(37(3)4)63(94)82(25)57(42(12)29-2)66(97)77(20)36-51(90)85-49(62(93)79(22)54(38(5)6)60(91)75-53)34-73(102)47-32-30-31-33-48(47)86(103)71(73)85/h30-33,37-44,49,52-59,70-71,101-103H,28-29,34-36H2,1-27H3,(H,74,92)(H,75,91)/t41?,42-,43-,44?,49-,52-,53-,54-,55-,56-,57-,58-,59+,70?,71+,73+/m0/s1. The summed E-state index contributed by atoms with van der Waals surface area (Å²) in [6.45, 7) is 25.8. The van der Waals surface area contributed by atoms with Gasteiger partial charge in [-0.2, -0.15) is 0 Å². The summed E-state index contributed by atoms with van der Waals surface area (Å²) in [5, 5.41) is 42.8. The van der Waals surface area contributed by atoms with Crippen molar-refractivity contribution >= 4 is 88.5 Å². The molecule has 4 rings (SSSR count). The van der Waals surface area contributed by atoms with Crippen LogP contribution in [0.15, 0.2) is 24.3 Å². The average Bonchev–Trinajstić information content (AvgIpc) is 1.54. The van der Waals surface area contributed by atoms with E-state index in [9.17, 15) is 39.4 Å². The van der Waals surface area contributed by atoms with E-state index < -0.39 is 228 Å². The molecule has 0 saturated carbocycles.